The highest BCUT2D eigenvalue weighted by molar-refractivity contribution is 5.82. The van der Waals surface area contributed by atoms with Gasteiger partial charge in [0.1, 0.15) is 6.04 Å². The molecular weight excluding hydrogens is 194 g/mol. The summed E-state index contributed by atoms with van der Waals surface area (Å²) in [5.74, 6) is 0.0273. The number of ether oxygens (including phenoxy) is 1. The predicted octanol–water partition coefficient (Wildman–Crippen LogP) is -0.911. The van der Waals surface area contributed by atoms with Crippen molar-refractivity contribution in [3.63, 3.8) is 0 Å². The summed E-state index contributed by atoms with van der Waals surface area (Å²) in [4.78, 5) is 11.6. The summed E-state index contributed by atoms with van der Waals surface area (Å²) in [6.45, 7) is 7.59. The maximum Gasteiger partial charge on any atom is 0.239 e. The van der Waals surface area contributed by atoms with Crippen LogP contribution in [0.5, 0.6) is 0 Å². The van der Waals surface area contributed by atoms with Gasteiger partial charge in [-0.25, -0.2) is 0 Å². The molecule has 1 heterocycles. The molecule has 5 heteroatoms. The van der Waals surface area contributed by atoms with Crippen LogP contribution in [0.25, 0.3) is 0 Å². The van der Waals surface area contributed by atoms with Crippen molar-refractivity contribution < 1.29 is 9.53 Å². The van der Waals surface area contributed by atoms with Crippen molar-refractivity contribution in [1.82, 2.24) is 16.0 Å². The molecule has 1 unspecified atom stereocenters. The zero-order valence-electron chi connectivity index (χ0n) is 9.51. The summed E-state index contributed by atoms with van der Waals surface area (Å²) >= 11 is 0. The van der Waals surface area contributed by atoms with Crippen LogP contribution in [0.4, 0.5) is 0 Å². The number of hydrogen-bond acceptors (Lipinski definition) is 4. The van der Waals surface area contributed by atoms with E-state index in [9.17, 15) is 4.79 Å². The van der Waals surface area contributed by atoms with E-state index >= 15 is 0 Å². The molecule has 1 fully saturated rings. The zero-order valence-corrected chi connectivity index (χ0v) is 9.51. The van der Waals surface area contributed by atoms with E-state index in [1.807, 2.05) is 0 Å². The molecule has 2 atom stereocenters. The highest BCUT2D eigenvalue weighted by Gasteiger charge is 2.20. The molecule has 0 radical (unpaired) electrons. The van der Waals surface area contributed by atoms with E-state index in [1.165, 1.54) is 0 Å². The number of nitrogens with one attached hydrogen (secondary N) is 3. The molecule has 0 saturated carbocycles. The van der Waals surface area contributed by atoms with Gasteiger partial charge in [-0.2, -0.15) is 0 Å². The van der Waals surface area contributed by atoms with Gasteiger partial charge in [-0.1, -0.05) is 6.92 Å². The first-order valence-corrected chi connectivity index (χ1v) is 5.56. The van der Waals surface area contributed by atoms with Crippen molar-refractivity contribution in [2.75, 3.05) is 32.8 Å². The first kappa shape index (κ1) is 12.4. The Bertz CT molecular complexity index is 193. The summed E-state index contributed by atoms with van der Waals surface area (Å²) in [5.41, 5.74) is 0. The standard InChI is InChI=1S/C10H21N3O2/c1-3-11-8(2)6-13-10(14)9-7-15-5-4-12-9/h8-9,11-12H,3-7H2,1-2H3,(H,13,14)/t8-,9?/m1/s1. The fourth-order valence-corrected chi connectivity index (χ4v) is 1.53. The van der Waals surface area contributed by atoms with E-state index in [4.69, 9.17) is 4.74 Å². The Morgan fingerprint density at radius 2 is 2.47 bits per heavy atom. The second-order valence-electron chi connectivity index (χ2n) is 3.79. The molecule has 0 bridgehead atoms. The van der Waals surface area contributed by atoms with E-state index < -0.39 is 0 Å². The van der Waals surface area contributed by atoms with E-state index in [-0.39, 0.29) is 11.9 Å². The van der Waals surface area contributed by atoms with Crippen molar-refractivity contribution in [2.24, 2.45) is 0 Å². The molecule has 88 valence electrons. The van der Waals surface area contributed by atoms with Crippen molar-refractivity contribution >= 4 is 5.91 Å². The molecule has 1 aliphatic rings. The number of likely N-dealkylation sites (N-methyl/N-ethyl adjacent to an activating group) is 1. The molecule has 0 aromatic heterocycles. The fourth-order valence-electron chi connectivity index (χ4n) is 1.53. The van der Waals surface area contributed by atoms with Gasteiger partial charge in [-0.05, 0) is 13.5 Å². The maximum absolute atomic E-state index is 11.6. The maximum atomic E-state index is 11.6. The Hall–Kier alpha value is -0.650. The van der Waals surface area contributed by atoms with Gasteiger partial charge in [0.15, 0.2) is 0 Å². The van der Waals surface area contributed by atoms with Crippen LogP contribution in [0.3, 0.4) is 0 Å². The zero-order chi connectivity index (χ0) is 11.1. The van der Waals surface area contributed by atoms with E-state index in [2.05, 4.69) is 29.8 Å². The monoisotopic (exact) mass is 215 g/mol. The van der Waals surface area contributed by atoms with E-state index in [0.29, 0.717) is 25.8 Å². The lowest BCUT2D eigenvalue weighted by atomic mass is 10.2. The highest BCUT2D eigenvalue weighted by atomic mass is 16.5. The van der Waals surface area contributed by atoms with Gasteiger partial charge in [-0.3, -0.25) is 4.79 Å². The molecule has 0 aromatic rings. The lowest BCUT2D eigenvalue weighted by molar-refractivity contribution is -0.125. The third-order valence-corrected chi connectivity index (χ3v) is 2.37. The molecule has 1 aliphatic heterocycles. The normalized spacial score (nSPS) is 23.5. The Balaban J connectivity index is 2.16. The van der Waals surface area contributed by atoms with Gasteiger partial charge in [0, 0.05) is 19.1 Å². The quantitative estimate of drug-likeness (QED) is 0.555. The second-order valence-corrected chi connectivity index (χ2v) is 3.79. The van der Waals surface area contributed by atoms with Gasteiger partial charge >= 0.3 is 0 Å². The van der Waals surface area contributed by atoms with Crippen LogP contribution in [-0.4, -0.2) is 50.8 Å². The topological polar surface area (TPSA) is 62.4 Å². The number of carbonyl (C=O) groups excluding carboxylic acids is 1. The number of carbonyl (C=O) groups is 1. The molecule has 1 saturated heterocycles. The molecule has 1 amide bonds. The van der Waals surface area contributed by atoms with Crippen molar-refractivity contribution in [2.45, 2.75) is 25.9 Å². The molecule has 1 rings (SSSR count). The minimum absolute atomic E-state index is 0.0273. The molecule has 15 heavy (non-hydrogen) atoms. The molecule has 3 N–H and O–H groups in total. The van der Waals surface area contributed by atoms with E-state index in [1.54, 1.807) is 0 Å². The average molecular weight is 215 g/mol. The number of hydrogen-bond donors (Lipinski definition) is 3. The van der Waals surface area contributed by atoms with Crippen LogP contribution in [-0.2, 0) is 9.53 Å². The van der Waals surface area contributed by atoms with Gasteiger partial charge in [-0.15, -0.1) is 0 Å². The lowest BCUT2D eigenvalue weighted by Gasteiger charge is -2.23. The van der Waals surface area contributed by atoms with Crippen LogP contribution in [0, 0.1) is 0 Å². The molecular formula is C10H21N3O2. The van der Waals surface area contributed by atoms with E-state index in [0.717, 1.165) is 13.1 Å². The number of morpholine rings is 1. The van der Waals surface area contributed by atoms with Gasteiger partial charge in [0.05, 0.1) is 13.2 Å². The average Bonchev–Trinajstić information content (AvgIpc) is 2.27. The Kier molecular flexibility index (Phi) is 5.60. The largest absolute Gasteiger partial charge is 0.378 e. The van der Waals surface area contributed by atoms with Crippen LogP contribution < -0.4 is 16.0 Å². The van der Waals surface area contributed by atoms with Gasteiger partial charge in [0.25, 0.3) is 0 Å². The summed E-state index contributed by atoms with van der Waals surface area (Å²) < 4.78 is 5.22. The summed E-state index contributed by atoms with van der Waals surface area (Å²) in [6, 6.07) is 0.121. The fraction of sp³-hybridized carbons (Fsp3) is 0.900. The molecule has 0 aliphatic carbocycles. The third kappa shape index (κ3) is 4.59. The van der Waals surface area contributed by atoms with Crippen molar-refractivity contribution in [3.05, 3.63) is 0 Å². The van der Waals surface area contributed by atoms with Crippen LogP contribution >= 0.6 is 0 Å². The van der Waals surface area contributed by atoms with Crippen molar-refractivity contribution in [1.29, 1.82) is 0 Å². The predicted molar refractivity (Wildman–Crippen MR) is 58.8 cm³/mol. The Labute approximate surface area is 90.9 Å². The molecule has 5 nitrogen and oxygen atoms in total. The minimum Gasteiger partial charge on any atom is -0.378 e. The first-order valence-electron chi connectivity index (χ1n) is 5.56. The lowest BCUT2D eigenvalue weighted by Crippen LogP contribution is -2.53. The van der Waals surface area contributed by atoms with Gasteiger partial charge in [0.2, 0.25) is 5.91 Å². The third-order valence-electron chi connectivity index (χ3n) is 2.37. The second kappa shape index (κ2) is 6.76. The summed E-state index contributed by atoms with van der Waals surface area (Å²) in [5, 5.41) is 9.25. The molecule has 0 spiro atoms. The van der Waals surface area contributed by atoms with Crippen LogP contribution in [0.15, 0.2) is 0 Å². The van der Waals surface area contributed by atoms with Crippen LogP contribution in [0.1, 0.15) is 13.8 Å². The highest BCUT2D eigenvalue weighted by Crippen LogP contribution is 1.92. The van der Waals surface area contributed by atoms with Gasteiger partial charge < -0.3 is 20.7 Å². The Morgan fingerprint density at radius 3 is 3.07 bits per heavy atom. The number of rotatable bonds is 5. The molecule has 0 aromatic carbocycles. The summed E-state index contributed by atoms with van der Waals surface area (Å²) in [6.07, 6.45) is 0. The smallest absolute Gasteiger partial charge is 0.239 e. The summed E-state index contributed by atoms with van der Waals surface area (Å²) in [7, 11) is 0. The number of amides is 1. The van der Waals surface area contributed by atoms with Crippen molar-refractivity contribution in [3.8, 4) is 0 Å². The Morgan fingerprint density at radius 1 is 1.67 bits per heavy atom. The van der Waals surface area contributed by atoms with Crippen LogP contribution in [0.2, 0.25) is 0 Å². The first-order chi connectivity index (χ1) is 7.24. The minimum atomic E-state index is -0.187. The SMILES string of the molecule is CCN[C@H](C)CNC(=O)C1COCCN1.